The van der Waals surface area contributed by atoms with Crippen LogP contribution < -0.4 is 4.74 Å². The highest BCUT2D eigenvalue weighted by Crippen LogP contribution is 2.34. The largest absolute Gasteiger partial charge is 0.486 e. The second kappa shape index (κ2) is 10.7. The third kappa shape index (κ3) is 5.23. The molecule has 4 heterocycles. The highest BCUT2D eigenvalue weighted by atomic mass is 16.5. The van der Waals surface area contributed by atoms with Gasteiger partial charge in [0.15, 0.2) is 0 Å². The number of rotatable bonds is 8. The van der Waals surface area contributed by atoms with Crippen molar-refractivity contribution in [1.82, 2.24) is 30.5 Å². The maximum Gasteiger partial charge on any atom is 0.246 e. The molecule has 190 valence electrons. The zero-order valence-electron chi connectivity index (χ0n) is 21.0. The number of aromatic amines is 1. The van der Waals surface area contributed by atoms with Gasteiger partial charge in [-0.1, -0.05) is 13.0 Å². The summed E-state index contributed by atoms with van der Waals surface area (Å²) in [5.41, 5.74) is 4.62. The fourth-order valence-electron chi connectivity index (χ4n) is 4.31. The molecule has 1 aromatic carbocycles. The first-order chi connectivity index (χ1) is 18.1. The summed E-state index contributed by atoms with van der Waals surface area (Å²) in [6.45, 7) is 7.20. The number of carbonyl (C=O) groups is 1. The van der Waals surface area contributed by atoms with Crippen LogP contribution in [0.3, 0.4) is 0 Å². The summed E-state index contributed by atoms with van der Waals surface area (Å²) in [4.78, 5) is 19.3. The molecule has 0 unspecified atom stereocenters. The van der Waals surface area contributed by atoms with Crippen LogP contribution in [-0.4, -0.2) is 43.0 Å². The molecule has 0 fully saturated rings. The molecule has 0 saturated carbocycles. The van der Waals surface area contributed by atoms with E-state index < -0.39 is 0 Å². The van der Waals surface area contributed by atoms with Crippen molar-refractivity contribution in [3.8, 4) is 17.1 Å². The van der Waals surface area contributed by atoms with Gasteiger partial charge in [-0.2, -0.15) is 5.21 Å². The SMILES string of the molecule is C/C=C(\CC)c1nc(COc2cc3c(cc2-c2nn[nH]n2)CCN(C(=O)/C=C/c2ccco2)C3)c(C)o1. The smallest absolute Gasteiger partial charge is 0.246 e. The molecule has 0 spiro atoms. The number of oxazole rings is 1. The highest BCUT2D eigenvalue weighted by molar-refractivity contribution is 5.91. The van der Waals surface area contributed by atoms with Crippen molar-refractivity contribution in [2.75, 3.05) is 6.54 Å². The van der Waals surface area contributed by atoms with Gasteiger partial charge < -0.3 is 18.5 Å². The molecule has 1 N–H and O–H groups in total. The Labute approximate surface area is 214 Å². The topological polar surface area (TPSA) is 123 Å². The van der Waals surface area contributed by atoms with Gasteiger partial charge in [-0.15, -0.1) is 10.2 Å². The molecule has 37 heavy (non-hydrogen) atoms. The van der Waals surface area contributed by atoms with Gasteiger partial charge >= 0.3 is 0 Å². The first kappa shape index (κ1) is 24.2. The number of hydrogen-bond acceptors (Lipinski definition) is 8. The third-order valence-electron chi connectivity index (χ3n) is 6.41. The average molecular weight is 501 g/mol. The molecule has 3 aromatic heterocycles. The van der Waals surface area contributed by atoms with Crippen molar-refractivity contribution in [3.05, 3.63) is 76.9 Å². The van der Waals surface area contributed by atoms with E-state index in [-0.39, 0.29) is 12.5 Å². The number of aromatic nitrogens is 5. The maximum absolute atomic E-state index is 12.8. The lowest BCUT2D eigenvalue weighted by Crippen LogP contribution is -2.34. The number of carbonyl (C=O) groups excluding carboxylic acids is 1. The standard InChI is InChI=1S/C27H28N6O4/c1-4-18(5-2)27-28-23(17(3)37-27)16-36-24-14-20-15-33(25(34)9-8-21-7-6-12-35-21)11-10-19(20)13-22(24)26-29-31-32-30-26/h4,6-9,12-14H,5,10-11,15-16H2,1-3H3,(H,29,30,31,32)/b9-8+,18-4+. The molecule has 0 radical (unpaired) electrons. The minimum absolute atomic E-state index is 0.0757. The van der Waals surface area contributed by atoms with Crippen LogP contribution in [0.15, 0.2) is 51.5 Å². The predicted octanol–water partition coefficient (Wildman–Crippen LogP) is 4.75. The molecule has 0 bridgehead atoms. The summed E-state index contributed by atoms with van der Waals surface area (Å²) in [5.74, 6) is 2.92. The molecule has 10 nitrogen and oxygen atoms in total. The van der Waals surface area contributed by atoms with E-state index in [4.69, 9.17) is 13.6 Å². The van der Waals surface area contributed by atoms with Crippen LogP contribution in [0.2, 0.25) is 0 Å². The summed E-state index contributed by atoms with van der Waals surface area (Å²) >= 11 is 0. The Morgan fingerprint density at radius 3 is 2.92 bits per heavy atom. The van der Waals surface area contributed by atoms with Crippen molar-refractivity contribution in [3.63, 3.8) is 0 Å². The van der Waals surface area contributed by atoms with Crippen molar-refractivity contribution in [2.45, 2.75) is 46.8 Å². The van der Waals surface area contributed by atoms with Gasteiger partial charge in [0.25, 0.3) is 0 Å². The van der Waals surface area contributed by atoms with Gasteiger partial charge in [0, 0.05) is 24.7 Å². The molecule has 4 aromatic rings. The third-order valence-corrected chi connectivity index (χ3v) is 6.41. The van der Waals surface area contributed by atoms with E-state index >= 15 is 0 Å². The molecule has 0 aliphatic carbocycles. The van der Waals surface area contributed by atoms with Crippen molar-refractivity contribution in [1.29, 1.82) is 0 Å². The second-order valence-corrected chi connectivity index (χ2v) is 8.69. The van der Waals surface area contributed by atoms with Crippen LogP contribution in [0.1, 0.15) is 54.5 Å². The quantitative estimate of drug-likeness (QED) is 0.344. The first-order valence-electron chi connectivity index (χ1n) is 12.2. The zero-order chi connectivity index (χ0) is 25.8. The number of nitrogens with zero attached hydrogens (tertiary/aromatic N) is 5. The number of hydrogen-bond donors (Lipinski definition) is 1. The summed E-state index contributed by atoms with van der Waals surface area (Å²) in [7, 11) is 0. The van der Waals surface area contributed by atoms with Gasteiger partial charge in [-0.3, -0.25) is 4.79 Å². The van der Waals surface area contributed by atoms with Crippen LogP contribution in [0.5, 0.6) is 5.75 Å². The molecule has 5 rings (SSSR count). The van der Waals surface area contributed by atoms with Gasteiger partial charge in [-0.25, -0.2) is 4.98 Å². The normalized spacial score (nSPS) is 13.8. The number of benzene rings is 1. The van der Waals surface area contributed by atoms with E-state index in [9.17, 15) is 4.79 Å². The van der Waals surface area contributed by atoms with Gasteiger partial charge in [0.2, 0.25) is 17.6 Å². The number of fused-ring (bicyclic) bond motifs is 1. The molecule has 0 saturated heterocycles. The van der Waals surface area contributed by atoms with Crippen molar-refractivity contribution in [2.24, 2.45) is 0 Å². The number of aryl methyl sites for hydroxylation is 1. The molecular formula is C27H28N6O4. The van der Waals surface area contributed by atoms with Crippen LogP contribution in [0.25, 0.3) is 23.0 Å². The Bertz CT molecular complexity index is 1430. The van der Waals surface area contributed by atoms with Crippen LogP contribution in [0, 0.1) is 6.92 Å². The zero-order valence-corrected chi connectivity index (χ0v) is 21.0. The van der Waals surface area contributed by atoms with Gasteiger partial charge in [0.1, 0.15) is 29.6 Å². The van der Waals surface area contributed by atoms with Crippen LogP contribution >= 0.6 is 0 Å². The Morgan fingerprint density at radius 1 is 1.30 bits per heavy atom. The minimum Gasteiger partial charge on any atom is -0.486 e. The Morgan fingerprint density at radius 2 is 2.19 bits per heavy atom. The monoisotopic (exact) mass is 500 g/mol. The maximum atomic E-state index is 12.8. The molecule has 1 amide bonds. The average Bonchev–Trinajstić information content (AvgIpc) is 3.69. The number of ether oxygens (including phenoxy) is 1. The molecule has 0 atom stereocenters. The van der Waals surface area contributed by atoms with E-state index in [2.05, 4.69) is 32.5 Å². The summed E-state index contributed by atoms with van der Waals surface area (Å²) in [5, 5.41) is 14.5. The number of H-pyrrole nitrogens is 1. The lowest BCUT2D eigenvalue weighted by molar-refractivity contribution is -0.126. The van der Waals surface area contributed by atoms with Crippen molar-refractivity contribution >= 4 is 17.6 Å². The van der Waals surface area contributed by atoms with E-state index in [0.29, 0.717) is 48.5 Å². The summed E-state index contributed by atoms with van der Waals surface area (Å²) in [6, 6.07) is 7.57. The lowest BCUT2D eigenvalue weighted by atomic mass is 9.96. The van der Waals surface area contributed by atoms with E-state index in [1.165, 1.54) is 6.08 Å². The molecular weight excluding hydrogens is 472 g/mol. The molecule has 1 aliphatic heterocycles. The predicted molar refractivity (Wildman–Crippen MR) is 136 cm³/mol. The van der Waals surface area contributed by atoms with Crippen LogP contribution in [0.4, 0.5) is 0 Å². The number of tetrazole rings is 1. The van der Waals surface area contributed by atoms with E-state index in [1.54, 1.807) is 29.4 Å². The second-order valence-electron chi connectivity index (χ2n) is 8.69. The minimum atomic E-state index is -0.0757. The van der Waals surface area contributed by atoms with E-state index in [0.717, 1.165) is 34.4 Å². The summed E-state index contributed by atoms with van der Waals surface area (Å²) < 4.78 is 17.4. The Kier molecular flexibility index (Phi) is 6.98. The number of amides is 1. The van der Waals surface area contributed by atoms with Crippen LogP contribution in [-0.2, 0) is 24.4 Å². The summed E-state index contributed by atoms with van der Waals surface area (Å²) in [6.07, 6.45) is 8.33. The Hall–Kier alpha value is -4.47. The van der Waals surface area contributed by atoms with Gasteiger partial charge in [0.05, 0.1) is 11.8 Å². The van der Waals surface area contributed by atoms with Crippen molar-refractivity contribution < 1.29 is 18.4 Å². The van der Waals surface area contributed by atoms with Gasteiger partial charge in [-0.05, 0) is 73.4 Å². The molecule has 1 aliphatic rings. The first-order valence-corrected chi connectivity index (χ1v) is 12.2. The number of allylic oxidation sites excluding steroid dienone is 2. The fourth-order valence-corrected chi connectivity index (χ4v) is 4.31. The number of furan rings is 1. The lowest BCUT2D eigenvalue weighted by Gasteiger charge is -2.29. The van der Waals surface area contributed by atoms with E-state index in [1.807, 2.05) is 32.1 Å². The Balaban J connectivity index is 1.39. The fraction of sp³-hybridized carbons (Fsp3) is 0.296. The molecule has 10 heteroatoms. The number of nitrogens with one attached hydrogen (secondary N) is 1. The highest BCUT2D eigenvalue weighted by Gasteiger charge is 2.24.